The van der Waals surface area contributed by atoms with Crippen LogP contribution in [0.3, 0.4) is 0 Å². The van der Waals surface area contributed by atoms with Crippen LogP contribution in [0, 0.1) is 10.1 Å². The van der Waals surface area contributed by atoms with E-state index in [2.05, 4.69) is 0 Å². The van der Waals surface area contributed by atoms with Gasteiger partial charge in [0.2, 0.25) is 15.9 Å². The largest absolute Gasteiger partial charge is 0.323 e. The van der Waals surface area contributed by atoms with Crippen LogP contribution in [0.1, 0.15) is 29.6 Å². The monoisotopic (exact) mass is 458 g/mol. The average Bonchev–Trinajstić information content (AvgIpc) is 3.53. The third-order valence-electron chi connectivity index (χ3n) is 5.36. The normalized spacial score (nSPS) is 18.7. The molecule has 11 nitrogen and oxygen atoms in total. The molecule has 0 bridgehead atoms. The summed E-state index contributed by atoms with van der Waals surface area (Å²) in [6.07, 6.45) is 1.07. The first-order valence-electron chi connectivity index (χ1n) is 9.64. The number of hydrogen-bond acceptors (Lipinski definition) is 7. The molecule has 0 spiro atoms. The third kappa shape index (κ3) is 3.97. The Morgan fingerprint density at radius 2 is 1.78 bits per heavy atom. The highest BCUT2D eigenvalue weighted by Crippen LogP contribution is 2.35. The number of nitro benzene ring substituents is 1. The summed E-state index contributed by atoms with van der Waals surface area (Å²) in [6, 6.07) is 8.87. The van der Waals surface area contributed by atoms with Gasteiger partial charge in [-0.05, 0) is 43.2 Å². The second kappa shape index (κ2) is 7.80. The number of carbonyl (C=O) groups excluding carboxylic acids is 3. The second-order valence-corrected chi connectivity index (χ2v) is 9.14. The lowest BCUT2D eigenvalue weighted by atomic mass is 10.1. The first-order chi connectivity index (χ1) is 15.1. The van der Waals surface area contributed by atoms with Gasteiger partial charge in [0, 0.05) is 23.7 Å². The summed E-state index contributed by atoms with van der Waals surface area (Å²) in [5, 5.41) is 16.1. The summed E-state index contributed by atoms with van der Waals surface area (Å²) in [4.78, 5) is 51.5. The summed E-state index contributed by atoms with van der Waals surface area (Å²) in [6.45, 7) is 0. The number of rotatable bonds is 6. The summed E-state index contributed by atoms with van der Waals surface area (Å²) in [5.41, 5.74) is -0.0345. The second-order valence-electron chi connectivity index (χ2n) is 7.58. The zero-order valence-electron chi connectivity index (χ0n) is 16.6. The van der Waals surface area contributed by atoms with Crippen LogP contribution in [-0.2, 0) is 19.6 Å². The van der Waals surface area contributed by atoms with Gasteiger partial charge in [0.05, 0.1) is 21.9 Å². The van der Waals surface area contributed by atoms with E-state index in [4.69, 9.17) is 5.14 Å². The van der Waals surface area contributed by atoms with Gasteiger partial charge in [-0.2, -0.15) is 0 Å². The number of amides is 3. The molecule has 1 aliphatic heterocycles. The highest BCUT2D eigenvalue weighted by molar-refractivity contribution is 7.89. The van der Waals surface area contributed by atoms with E-state index in [9.17, 15) is 32.9 Å². The fourth-order valence-electron chi connectivity index (χ4n) is 3.71. The number of non-ortho nitro benzene ring substituents is 1. The maximum atomic E-state index is 13.2. The predicted molar refractivity (Wildman–Crippen MR) is 111 cm³/mol. The van der Waals surface area contributed by atoms with Gasteiger partial charge in [-0.25, -0.2) is 18.5 Å². The minimum absolute atomic E-state index is 0.0577. The molecule has 0 radical (unpaired) electrons. The topological polar surface area (TPSA) is 161 Å². The van der Waals surface area contributed by atoms with E-state index in [1.807, 2.05) is 0 Å². The predicted octanol–water partition coefficient (Wildman–Crippen LogP) is 1.18. The summed E-state index contributed by atoms with van der Waals surface area (Å²) < 4.78 is 22.9. The zero-order valence-corrected chi connectivity index (χ0v) is 17.4. The number of anilines is 1. The molecular weight excluding hydrogens is 440 g/mol. The van der Waals surface area contributed by atoms with Crippen molar-refractivity contribution < 1.29 is 27.7 Å². The van der Waals surface area contributed by atoms with Crippen LogP contribution >= 0.6 is 0 Å². The molecule has 1 heterocycles. The van der Waals surface area contributed by atoms with Crippen LogP contribution in [0.4, 0.5) is 11.4 Å². The lowest BCUT2D eigenvalue weighted by molar-refractivity contribution is -0.384. The van der Waals surface area contributed by atoms with Crippen molar-refractivity contribution in [2.75, 3.05) is 4.90 Å². The molecule has 2 aromatic carbocycles. The standard InChI is InChI=1S/C20H18N4O7S/c21-32(30,31)16-8-6-14(7-9-16)23-18(25)11-17(20(23)27)22(13-4-5-13)19(26)12-2-1-3-15(10-12)24(28)29/h1-3,6-10,13,17H,4-5,11H2,(H2,21,30,31). The van der Waals surface area contributed by atoms with Gasteiger partial charge in [-0.3, -0.25) is 24.5 Å². The van der Waals surface area contributed by atoms with Gasteiger partial charge in [-0.1, -0.05) is 6.07 Å². The Morgan fingerprint density at radius 3 is 2.34 bits per heavy atom. The molecule has 166 valence electrons. The molecular formula is C20H18N4O7S. The Balaban J connectivity index is 1.63. The maximum absolute atomic E-state index is 13.2. The molecule has 3 amide bonds. The Bertz CT molecular complexity index is 1240. The number of sulfonamides is 1. The van der Waals surface area contributed by atoms with Crippen molar-refractivity contribution in [2.45, 2.75) is 36.2 Å². The molecule has 1 unspecified atom stereocenters. The van der Waals surface area contributed by atoms with Crippen LogP contribution in [-0.4, -0.2) is 48.0 Å². The van der Waals surface area contributed by atoms with Crippen molar-refractivity contribution in [2.24, 2.45) is 5.14 Å². The Kier molecular flexibility index (Phi) is 5.26. The number of nitro groups is 1. The molecule has 2 fully saturated rings. The van der Waals surface area contributed by atoms with E-state index in [0.29, 0.717) is 12.8 Å². The molecule has 2 aliphatic rings. The SMILES string of the molecule is NS(=O)(=O)c1ccc(N2C(=O)CC(N(C(=O)c3cccc([N+](=O)[O-])c3)C3CC3)C2=O)cc1. The quantitative estimate of drug-likeness (QED) is 0.386. The highest BCUT2D eigenvalue weighted by Gasteiger charge is 2.49. The van der Waals surface area contributed by atoms with E-state index < -0.39 is 38.7 Å². The van der Waals surface area contributed by atoms with Crippen molar-refractivity contribution in [3.8, 4) is 0 Å². The van der Waals surface area contributed by atoms with E-state index in [1.165, 1.54) is 47.4 Å². The Hall–Kier alpha value is -3.64. The van der Waals surface area contributed by atoms with Crippen LogP contribution in [0.25, 0.3) is 0 Å². The van der Waals surface area contributed by atoms with Crippen molar-refractivity contribution in [3.63, 3.8) is 0 Å². The maximum Gasteiger partial charge on any atom is 0.270 e. The third-order valence-corrected chi connectivity index (χ3v) is 6.29. The number of benzene rings is 2. The number of hydrogen-bond donors (Lipinski definition) is 1. The number of imide groups is 1. The lowest BCUT2D eigenvalue weighted by Crippen LogP contribution is -2.46. The minimum atomic E-state index is -3.94. The molecule has 4 rings (SSSR count). The van der Waals surface area contributed by atoms with Gasteiger partial charge >= 0.3 is 0 Å². The number of carbonyl (C=O) groups is 3. The molecule has 0 aromatic heterocycles. The van der Waals surface area contributed by atoms with Crippen LogP contribution in [0.15, 0.2) is 53.4 Å². The van der Waals surface area contributed by atoms with Gasteiger partial charge < -0.3 is 4.90 Å². The first-order valence-corrected chi connectivity index (χ1v) is 11.2. The van der Waals surface area contributed by atoms with Crippen LogP contribution < -0.4 is 10.0 Å². The van der Waals surface area contributed by atoms with E-state index in [1.54, 1.807) is 0 Å². The van der Waals surface area contributed by atoms with Gasteiger partial charge in [-0.15, -0.1) is 0 Å². The number of primary sulfonamides is 1. The molecule has 2 N–H and O–H groups in total. The highest BCUT2D eigenvalue weighted by atomic mass is 32.2. The number of nitrogens with two attached hydrogens (primary N) is 1. The zero-order chi connectivity index (χ0) is 23.2. The average molecular weight is 458 g/mol. The molecule has 1 aliphatic carbocycles. The molecule has 32 heavy (non-hydrogen) atoms. The molecule has 1 saturated carbocycles. The first kappa shape index (κ1) is 21.6. The molecule has 12 heteroatoms. The van der Waals surface area contributed by atoms with Crippen molar-refractivity contribution in [1.29, 1.82) is 0 Å². The van der Waals surface area contributed by atoms with Gasteiger partial charge in [0.25, 0.3) is 17.5 Å². The summed E-state index contributed by atoms with van der Waals surface area (Å²) in [5.74, 6) is -1.72. The van der Waals surface area contributed by atoms with E-state index in [0.717, 1.165) is 11.0 Å². The van der Waals surface area contributed by atoms with E-state index >= 15 is 0 Å². The van der Waals surface area contributed by atoms with Crippen molar-refractivity contribution in [1.82, 2.24) is 4.90 Å². The van der Waals surface area contributed by atoms with Crippen molar-refractivity contribution >= 4 is 39.1 Å². The van der Waals surface area contributed by atoms with Crippen molar-refractivity contribution in [3.05, 3.63) is 64.2 Å². The van der Waals surface area contributed by atoms with Gasteiger partial charge in [0.1, 0.15) is 6.04 Å². The molecule has 2 aromatic rings. The Labute approximate surface area is 182 Å². The fraction of sp³-hybridized carbons (Fsp3) is 0.250. The fourth-order valence-corrected chi connectivity index (χ4v) is 4.22. The van der Waals surface area contributed by atoms with Crippen LogP contribution in [0.2, 0.25) is 0 Å². The summed E-state index contributed by atoms with van der Waals surface area (Å²) in [7, 11) is -3.94. The molecule has 1 saturated heterocycles. The number of nitrogens with zero attached hydrogens (tertiary/aromatic N) is 3. The smallest absolute Gasteiger partial charge is 0.270 e. The molecule has 1 atom stereocenters. The van der Waals surface area contributed by atoms with E-state index in [-0.39, 0.29) is 34.3 Å². The lowest BCUT2D eigenvalue weighted by Gasteiger charge is -2.27. The minimum Gasteiger partial charge on any atom is -0.323 e. The Morgan fingerprint density at radius 1 is 1.12 bits per heavy atom. The van der Waals surface area contributed by atoms with Crippen LogP contribution in [0.5, 0.6) is 0 Å². The summed E-state index contributed by atoms with van der Waals surface area (Å²) >= 11 is 0. The van der Waals surface area contributed by atoms with Gasteiger partial charge in [0.15, 0.2) is 0 Å².